The Morgan fingerprint density at radius 1 is 1.36 bits per heavy atom. The molecule has 8 heteroatoms. The van der Waals surface area contributed by atoms with Gasteiger partial charge in [-0.3, -0.25) is 14.8 Å². The van der Waals surface area contributed by atoms with E-state index in [-0.39, 0.29) is 11.9 Å². The first-order valence-corrected chi connectivity index (χ1v) is 9.11. The van der Waals surface area contributed by atoms with Crippen molar-refractivity contribution in [2.75, 3.05) is 26.9 Å². The second-order valence-electron chi connectivity index (χ2n) is 5.75. The monoisotopic (exact) mass is 326 g/mol. The molecular formula is C14H22N4O3S. The van der Waals surface area contributed by atoms with E-state index < -0.39 is 10.0 Å². The van der Waals surface area contributed by atoms with Gasteiger partial charge in [0.15, 0.2) is 0 Å². The first kappa shape index (κ1) is 16.8. The number of aryl methyl sites for hydroxylation is 1. The predicted octanol–water partition coefficient (Wildman–Crippen LogP) is 0.594. The Kier molecular flexibility index (Phi) is 5.12. The van der Waals surface area contributed by atoms with E-state index in [1.54, 1.807) is 31.4 Å². The number of nitrogens with zero attached hydrogens (tertiary/aromatic N) is 4. The number of amides is 1. The van der Waals surface area contributed by atoms with Crippen LogP contribution in [0.4, 0.5) is 0 Å². The molecule has 22 heavy (non-hydrogen) atoms. The lowest BCUT2D eigenvalue weighted by molar-refractivity contribution is -0.128. The van der Waals surface area contributed by atoms with Crippen LogP contribution in [0.3, 0.4) is 0 Å². The largest absolute Gasteiger partial charge is 0.349 e. The number of aromatic nitrogens is 2. The minimum atomic E-state index is -3.23. The van der Waals surface area contributed by atoms with E-state index in [1.165, 1.54) is 10.6 Å². The molecule has 1 saturated heterocycles. The molecule has 1 aromatic heterocycles. The van der Waals surface area contributed by atoms with E-state index in [9.17, 15) is 13.2 Å². The smallest absolute Gasteiger partial charge is 0.222 e. The fraction of sp³-hybridized carbons (Fsp3) is 0.643. The van der Waals surface area contributed by atoms with Crippen molar-refractivity contribution in [2.45, 2.75) is 31.7 Å². The summed E-state index contributed by atoms with van der Waals surface area (Å²) >= 11 is 0. The molecule has 7 nitrogen and oxygen atoms in total. The van der Waals surface area contributed by atoms with E-state index in [1.807, 2.05) is 0 Å². The van der Waals surface area contributed by atoms with Crippen LogP contribution >= 0.6 is 0 Å². The van der Waals surface area contributed by atoms with Gasteiger partial charge in [-0.1, -0.05) is 0 Å². The van der Waals surface area contributed by atoms with Gasteiger partial charge in [0.2, 0.25) is 15.9 Å². The highest BCUT2D eigenvalue weighted by atomic mass is 32.2. The van der Waals surface area contributed by atoms with Crippen molar-refractivity contribution in [3.63, 3.8) is 0 Å². The highest BCUT2D eigenvalue weighted by Crippen LogP contribution is 2.32. The molecule has 122 valence electrons. The predicted molar refractivity (Wildman–Crippen MR) is 82.6 cm³/mol. The van der Waals surface area contributed by atoms with E-state index in [0.29, 0.717) is 25.1 Å². The second kappa shape index (κ2) is 6.70. The minimum absolute atomic E-state index is 0.0462. The molecule has 0 aliphatic carbocycles. The molecule has 1 unspecified atom stereocenters. The Balaban J connectivity index is 2.04. The SMILES string of the molecule is CN(C)C(=O)CCc1cnc(C2CCCN2S(C)(=O)=O)cn1. The summed E-state index contributed by atoms with van der Waals surface area (Å²) in [7, 11) is 0.213. The molecule has 0 N–H and O–H groups in total. The van der Waals surface area contributed by atoms with Crippen LogP contribution in [0.1, 0.15) is 36.7 Å². The highest BCUT2D eigenvalue weighted by molar-refractivity contribution is 7.88. The van der Waals surface area contributed by atoms with Crippen molar-refractivity contribution in [3.05, 3.63) is 23.8 Å². The van der Waals surface area contributed by atoms with Gasteiger partial charge < -0.3 is 4.90 Å². The average Bonchev–Trinajstić information content (AvgIpc) is 2.94. The normalized spacial score (nSPS) is 19.3. The number of sulfonamides is 1. The third-order valence-corrected chi connectivity index (χ3v) is 5.08. The number of rotatable bonds is 5. The summed E-state index contributed by atoms with van der Waals surface area (Å²) in [5, 5.41) is 0. The Morgan fingerprint density at radius 2 is 2.09 bits per heavy atom. The van der Waals surface area contributed by atoms with E-state index in [4.69, 9.17) is 0 Å². The quantitative estimate of drug-likeness (QED) is 0.791. The van der Waals surface area contributed by atoms with Crippen LogP contribution in [0.5, 0.6) is 0 Å². The van der Waals surface area contributed by atoms with E-state index in [0.717, 1.165) is 18.5 Å². The molecule has 0 aromatic carbocycles. The summed E-state index contributed by atoms with van der Waals surface area (Å²) in [6.45, 7) is 0.532. The molecule has 0 saturated carbocycles. The summed E-state index contributed by atoms with van der Waals surface area (Å²) in [6.07, 6.45) is 7.00. The lowest BCUT2D eigenvalue weighted by Crippen LogP contribution is -2.30. The number of carbonyl (C=O) groups excluding carboxylic acids is 1. The fourth-order valence-corrected chi connectivity index (χ4v) is 3.69. The topological polar surface area (TPSA) is 83.5 Å². The molecule has 0 radical (unpaired) electrons. The maximum Gasteiger partial charge on any atom is 0.222 e. The van der Waals surface area contributed by atoms with Crippen LogP contribution in [0.15, 0.2) is 12.4 Å². The van der Waals surface area contributed by atoms with Crippen molar-refractivity contribution in [1.82, 2.24) is 19.2 Å². The summed E-state index contributed by atoms with van der Waals surface area (Å²) in [5.41, 5.74) is 1.41. The fourth-order valence-electron chi connectivity index (χ4n) is 2.56. The van der Waals surface area contributed by atoms with Crippen LogP contribution < -0.4 is 0 Å². The molecule has 1 fully saturated rings. The zero-order valence-electron chi connectivity index (χ0n) is 13.2. The molecular weight excluding hydrogens is 304 g/mol. The van der Waals surface area contributed by atoms with Crippen LogP contribution in [-0.4, -0.2) is 60.4 Å². The van der Waals surface area contributed by atoms with Crippen LogP contribution in [0.2, 0.25) is 0 Å². The summed E-state index contributed by atoms with van der Waals surface area (Å²) in [5.74, 6) is 0.0462. The minimum Gasteiger partial charge on any atom is -0.349 e. The molecule has 1 amide bonds. The molecule has 0 spiro atoms. The molecule has 2 heterocycles. The summed E-state index contributed by atoms with van der Waals surface area (Å²) in [6, 6.07) is -0.222. The third-order valence-electron chi connectivity index (χ3n) is 3.79. The maximum atomic E-state index is 11.8. The van der Waals surface area contributed by atoms with Gasteiger partial charge in [-0.25, -0.2) is 8.42 Å². The van der Waals surface area contributed by atoms with Gasteiger partial charge in [0.05, 0.1) is 29.9 Å². The van der Waals surface area contributed by atoms with Crippen LogP contribution in [0, 0.1) is 0 Å². The number of hydrogen-bond acceptors (Lipinski definition) is 5. The molecule has 0 bridgehead atoms. The third kappa shape index (κ3) is 4.01. The second-order valence-corrected chi connectivity index (χ2v) is 7.69. The number of carbonyl (C=O) groups is 1. The van der Waals surface area contributed by atoms with Gasteiger partial charge in [0, 0.05) is 33.3 Å². The van der Waals surface area contributed by atoms with Gasteiger partial charge in [-0.05, 0) is 19.3 Å². The highest BCUT2D eigenvalue weighted by Gasteiger charge is 2.33. The van der Waals surface area contributed by atoms with Crippen LogP contribution in [0.25, 0.3) is 0 Å². The average molecular weight is 326 g/mol. The Hall–Kier alpha value is -1.54. The van der Waals surface area contributed by atoms with Gasteiger partial charge >= 0.3 is 0 Å². The first-order valence-electron chi connectivity index (χ1n) is 7.27. The van der Waals surface area contributed by atoms with Gasteiger partial charge in [0.25, 0.3) is 0 Å². The summed E-state index contributed by atoms with van der Waals surface area (Å²) in [4.78, 5) is 21.8. The van der Waals surface area contributed by atoms with Crippen LogP contribution in [-0.2, 0) is 21.2 Å². The summed E-state index contributed by atoms with van der Waals surface area (Å²) < 4.78 is 25.0. The lowest BCUT2D eigenvalue weighted by atomic mass is 10.1. The zero-order valence-corrected chi connectivity index (χ0v) is 14.0. The Morgan fingerprint density at radius 3 is 2.64 bits per heavy atom. The lowest BCUT2D eigenvalue weighted by Gasteiger charge is -2.21. The Bertz CT molecular complexity index is 628. The van der Waals surface area contributed by atoms with Crippen molar-refractivity contribution in [3.8, 4) is 0 Å². The molecule has 1 aromatic rings. The molecule has 1 atom stereocenters. The van der Waals surface area contributed by atoms with Crippen molar-refractivity contribution in [2.24, 2.45) is 0 Å². The van der Waals surface area contributed by atoms with Crippen molar-refractivity contribution < 1.29 is 13.2 Å². The Labute approximate surface area is 131 Å². The first-order chi connectivity index (χ1) is 10.3. The van der Waals surface area contributed by atoms with E-state index in [2.05, 4.69) is 9.97 Å². The maximum absolute atomic E-state index is 11.8. The standard InChI is InChI=1S/C14H22N4O3S/c1-17(2)14(19)7-6-11-9-16-12(10-15-11)13-5-4-8-18(13)22(3,20)21/h9-10,13H,4-8H2,1-3H3. The molecule has 1 aliphatic heterocycles. The molecule has 1 aliphatic rings. The van der Waals surface area contributed by atoms with Crippen molar-refractivity contribution >= 4 is 15.9 Å². The zero-order chi connectivity index (χ0) is 16.3. The molecule has 2 rings (SSSR count). The van der Waals surface area contributed by atoms with E-state index >= 15 is 0 Å². The van der Waals surface area contributed by atoms with Gasteiger partial charge in [-0.2, -0.15) is 4.31 Å². The number of hydrogen-bond donors (Lipinski definition) is 0. The van der Waals surface area contributed by atoms with Gasteiger partial charge in [-0.15, -0.1) is 0 Å². The van der Waals surface area contributed by atoms with Gasteiger partial charge in [0.1, 0.15) is 0 Å². The van der Waals surface area contributed by atoms with Crippen molar-refractivity contribution in [1.29, 1.82) is 0 Å².